The number of rotatable bonds is 24. The van der Waals surface area contributed by atoms with E-state index in [9.17, 15) is 0 Å². The van der Waals surface area contributed by atoms with Gasteiger partial charge < -0.3 is 24.3 Å². The highest BCUT2D eigenvalue weighted by Gasteiger charge is 2.09. The summed E-state index contributed by atoms with van der Waals surface area (Å²) in [5.41, 5.74) is 0. The van der Waals surface area contributed by atoms with E-state index < -0.39 is 7.82 Å². The standard InChI is InChI=1S/C20H40O9.H3O4P/c1-5-6-7-8-9-10-11-12-13-14-15-23-27-29-28-24-17-16-22-18-19(2)20(3)25-26-21-4;1-5(2,3)4/h19H,3,5-18H2,1-2,4H3;(H3,1,2,3,4). The van der Waals surface area contributed by atoms with Crippen LogP contribution in [0.5, 0.6) is 0 Å². The molecule has 1 atom stereocenters. The first-order chi connectivity index (χ1) is 16.2. The molecule has 0 saturated carbocycles. The van der Waals surface area contributed by atoms with Gasteiger partial charge in [0.1, 0.15) is 12.4 Å². The molecule has 0 aromatic rings. The lowest BCUT2D eigenvalue weighted by Crippen LogP contribution is -2.13. The van der Waals surface area contributed by atoms with Gasteiger partial charge in [-0.2, -0.15) is 4.89 Å². The van der Waals surface area contributed by atoms with Crippen LogP contribution in [0.15, 0.2) is 12.3 Å². The van der Waals surface area contributed by atoms with Gasteiger partial charge in [-0.15, -0.1) is 0 Å². The minimum Gasteiger partial charge on any atom is -0.378 e. The van der Waals surface area contributed by atoms with Crippen LogP contribution in [0.25, 0.3) is 0 Å². The minimum atomic E-state index is -4.64. The molecule has 0 radical (unpaired) electrons. The van der Waals surface area contributed by atoms with Gasteiger partial charge in [-0.05, 0) is 26.6 Å². The van der Waals surface area contributed by atoms with Crippen LogP contribution in [0.3, 0.4) is 0 Å². The van der Waals surface area contributed by atoms with Crippen LogP contribution in [0.1, 0.15) is 78.1 Å². The van der Waals surface area contributed by atoms with Crippen LogP contribution in [0.2, 0.25) is 0 Å². The number of hydrogen-bond acceptors (Lipinski definition) is 10. The van der Waals surface area contributed by atoms with Crippen molar-refractivity contribution >= 4 is 7.82 Å². The lowest BCUT2D eigenvalue weighted by molar-refractivity contribution is -0.708. The van der Waals surface area contributed by atoms with Crippen LogP contribution in [0.4, 0.5) is 0 Å². The molecule has 0 saturated heterocycles. The first kappa shape index (κ1) is 35.5. The molecule has 0 fully saturated rings. The van der Waals surface area contributed by atoms with Crippen molar-refractivity contribution in [3.05, 3.63) is 12.3 Å². The monoisotopic (exact) mass is 522 g/mol. The largest absolute Gasteiger partial charge is 0.466 e. The van der Waals surface area contributed by atoms with E-state index in [1.54, 1.807) is 0 Å². The van der Waals surface area contributed by atoms with Gasteiger partial charge in [-0.25, -0.2) is 14.3 Å². The van der Waals surface area contributed by atoms with E-state index in [0.717, 1.165) is 12.8 Å². The molecule has 0 amide bonds. The first-order valence-corrected chi connectivity index (χ1v) is 12.9. The Balaban J connectivity index is 0. The Morgan fingerprint density at radius 1 is 0.794 bits per heavy atom. The summed E-state index contributed by atoms with van der Waals surface area (Å²) in [7, 11) is -3.30. The fourth-order valence-electron chi connectivity index (χ4n) is 2.37. The maximum atomic E-state index is 8.88. The Hall–Kier alpha value is -0.670. The SMILES string of the molecule is C=C(OOOC)C(C)COCCOOOOOCCCCCCCCCCCC.O=P(O)(O)O. The second-order valence-corrected chi connectivity index (χ2v) is 8.33. The minimum absolute atomic E-state index is 0.0788. The van der Waals surface area contributed by atoms with Crippen molar-refractivity contribution in [2.24, 2.45) is 5.92 Å². The maximum absolute atomic E-state index is 8.88. The van der Waals surface area contributed by atoms with Gasteiger partial charge in [0, 0.05) is 5.92 Å². The summed E-state index contributed by atoms with van der Waals surface area (Å²) in [5.74, 6) is 0.310. The van der Waals surface area contributed by atoms with Crippen LogP contribution in [-0.2, 0) is 49.0 Å². The third-order valence-electron chi connectivity index (χ3n) is 4.17. The van der Waals surface area contributed by atoms with Crippen LogP contribution < -0.4 is 0 Å². The molecule has 206 valence electrons. The van der Waals surface area contributed by atoms with E-state index in [1.807, 2.05) is 6.92 Å². The van der Waals surface area contributed by atoms with E-state index in [0.29, 0.717) is 19.0 Å². The number of hydrogen-bond donors (Lipinski definition) is 3. The second kappa shape index (κ2) is 26.9. The molecule has 0 heterocycles. The summed E-state index contributed by atoms with van der Waals surface area (Å²) in [6.45, 7) is 9.03. The summed E-state index contributed by atoms with van der Waals surface area (Å²) in [6, 6.07) is 0. The zero-order valence-electron chi connectivity index (χ0n) is 20.6. The zero-order valence-corrected chi connectivity index (χ0v) is 21.4. The Morgan fingerprint density at radius 2 is 1.29 bits per heavy atom. The van der Waals surface area contributed by atoms with Crippen molar-refractivity contribution in [3.63, 3.8) is 0 Å². The van der Waals surface area contributed by atoms with Crippen LogP contribution >= 0.6 is 7.82 Å². The summed E-state index contributed by atoms with van der Waals surface area (Å²) in [5, 5.41) is 17.3. The molecule has 0 aromatic heterocycles. The van der Waals surface area contributed by atoms with Crippen molar-refractivity contribution in [2.75, 3.05) is 33.5 Å². The van der Waals surface area contributed by atoms with Crippen molar-refractivity contribution < 1.29 is 63.7 Å². The summed E-state index contributed by atoms with van der Waals surface area (Å²) in [4.78, 5) is 40.1. The zero-order chi connectivity index (χ0) is 25.9. The lowest BCUT2D eigenvalue weighted by atomic mass is 10.1. The average molecular weight is 523 g/mol. The molecule has 0 aromatic carbocycles. The summed E-state index contributed by atoms with van der Waals surface area (Å²) < 4.78 is 14.2. The molecule has 0 bridgehead atoms. The predicted octanol–water partition coefficient (Wildman–Crippen LogP) is 4.40. The molecule has 0 aliphatic heterocycles. The molecule has 0 aliphatic rings. The Morgan fingerprint density at radius 3 is 1.82 bits per heavy atom. The molecule has 1 unspecified atom stereocenters. The molecular weight excluding hydrogens is 479 g/mol. The summed E-state index contributed by atoms with van der Waals surface area (Å²) in [6.07, 6.45) is 12.6. The van der Waals surface area contributed by atoms with Gasteiger partial charge >= 0.3 is 7.82 Å². The number of phosphoric acid groups is 1. The highest BCUT2D eigenvalue weighted by Crippen LogP contribution is 2.25. The van der Waals surface area contributed by atoms with Gasteiger partial charge in [-0.3, -0.25) is 0 Å². The fraction of sp³-hybridized carbons (Fsp3) is 0.900. The highest BCUT2D eigenvalue weighted by atomic mass is 31.2. The normalized spacial score (nSPS) is 12.2. The van der Waals surface area contributed by atoms with Crippen molar-refractivity contribution in [3.8, 4) is 0 Å². The quantitative estimate of drug-likeness (QED) is 0.0538. The van der Waals surface area contributed by atoms with Crippen molar-refractivity contribution in [1.29, 1.82) is 0 Å². The smallest absolute Gasteiger partial charge is 0.378 e. The lowest BCUT2D eigenvalue weighted by Gasteiger charge is -2.13. The molecule has 14 heteroatoms. The Bertz CT molecular complexity index is 467. The Kier molecular flexibility index (Phi) is 28.1. The fourth-order valence-corrected chi connectivity index (χ4v) is 2.37. The van der Waals surface area contributed by atoms with Crippen molar-refractivity contribution in [1.82, 2.24) is 0 Å². The molecule has 0 aliphatic carbocycles. The van der Waals surface area contributed by atoms with Gasteiger partial charge in [0.25, 0.3) is 0 Å². The van der Waals surface area contributed by atoms with E-state index in [2.05, 4.69) is 38.5 Å². The van der Waals surface area contributed by atoms with E-state index >= 15 is 0 Å². The van der Waals surface area contributed by atoms with Crippen molar-refractivity contribution in [2.45, 2.75) is 78.1 Å². The molecular formula is C20H43O13P. The number of ether oxygens (including phenoxy) is 1. The van der Waals surface area contributed by atoms with Gasteiger partial charge in [0.2, 0.25) is 0 Å². The van der Waals surface area contributed by atoms with Gasteiger partial charge in [-0.1, -0.05) is 78.2 Å². The second-order valence-electron chi connectivity index (χ2n) is 7.30. The Labute approximate surface area is 202 Å². The topological polar surface area (TPSA) is 161 Å². The van der Waals surface area contributed by atoms with Crippen LogP contribution in [0, 0.1) is 5.92 Å². The van der Waals surface area contributed by atoms with E-state index in [4.69, 9.17) is 38.6 Å². The highest BCUT2D eigenvalue weighted by molar-refractivity contribution is 7.45. The van der Waals surface area contributed by atoms with E-state index in [-0.39, 0.29) is 19.1 Å². The average Bonchev–Trinajstić information content (AvgIpc) is 2.77. The predicted molar refractivity (Wildman–Crippen MR) is 120 cm³/mol. The van der Waals surface area contributed by atoms with Gasteiger partial charge in [0.05, 0.1) is 26.9 Å². The van der Waals surface area contributed by atoms with E-state index in [1.165, 1.54) is 58.5 Å². The molecule has 0 rings (SSSR count). The maximum Gasteiger partial charge on any atom is 0.466 e. The van der Waals surface area contributed by atoms with Gasteiger partial charge in [0.15, 0.2) is 0 Å². The first-order valence-electron chi connectivity index (χ1n) is 11.4. The third kappa shape index (κ3) is 35.9. The van der Waals surface area contributed by atoms with Crippen LogP contribution in [-0.4, -0.2) is 48.2 Å². The third-order valence-corrected chi connectivity index (χ3v) is 4.17. The molecule has 13 nitrogen and oxygen atoms in total. The molecule has 3 N–H and O–H groups in total. The molecule has 34 heavy (non-hydrogen) atoms. The molecule has 0 spiro atoms. The summed E-state index contributed by atoms with van der Waals surface area (Å²) >= 11 is 0. The number of unbranched alkanes of at least 4 members (excludes halogenated alkanes) is 9.